The lowest BCUT2D eigenvalue weighted by Crippen LogP contribution is -2.46. The summed E-state index contributed by atoms with van der Waals surface area (Å²) in [5.74, 6) is 2.81. The first-order valence-electron chi connectivity index (χ1n) is 7.57. The van der Waals surface area contributed by atoms with Crippen molar-refractivity contribution in [3.63, 3.8) is 0 Å². The van der Waals surface area contributed by atoms with Crippen LogP contribution in [-0.2, 0) is 13.5 Å². The van der Waals surface area contributed by atoms with Gasteiger partial charge in [-0.2, -0.15) is 0 Å². The smallest absolute Gasteiger partial charge is 0.108 e. The Morgan fingerprint density at radius 2 is 2.16 bits per heavy atom. The van der Waals surface area contributed by atoms with Crippen LogP contribution in [0.1, 0.15) is 45.9 Å². The normalized spacial score (nSPS) is 28.6. The van der Waals surface area contributed by atoms with Crippen molar-refractivity contribution in [3.8, 4) is 0 Å². The minimum atomic E-state index is 0.299. The predicted molar refractivity (Wildman–Crippen MR) is 80.0 cm³/mol. The second-order valence-electron chi connectivity index (χ2n) is 7.04. The molecule has 2 rings (SSSR count). The molecule has 1 aromatic rings. The first kappa shape index (κ1) is 14.6. The summed E-state index contributed by atoms with van der Waals surface area (Å²) >= 11 is 0. The van der Waals surface area contributed by atoms with E-state index < -0.39 is 0 Å². The minimum absolute atomic E-state index is 0.299. The molecular formula is C16H29N3. The third-order valence-electron chi connectivity index (χ3n) is 5.02. The van der Waals surface area contributed by atoms with Crippen LogP contribution in [0.5, 0.6) is 0 Å². The highest BCUT2D eigenvalue weighted by Crippen LogP contribution is 2.41. The van der Waals surface area contributed by atoms with Gasteiger partial charge < -0.3 is 9.88 Å². The van der Waals surface area contributed by atoms with Crippen LogP contribution in [-0.4, -0.2) is 22.6 Å². The van der Waals surface area contributed by atoms with Gasteiger partial charge in [0.2, 0.25) is 0 Å². The van der Waals surface area contributed by atoms with Crippen LogP contribution >= 0.6 is 0 Å². The molecule has 3 nitrogen and oxygen atoms in total. The molecule has 1 aromatic heterocycles. The fourth-order valence-electron chi connectivity index (χ4n) is 3.74. The van der Waals surface area contributed by atoms with Gasteiger partial charge in [-0.1, -0.05) is 27.2 Å². The van der Waals surface area contributed by atoms with Gasteiger partial charge in [-0.15, -0.1) is 0 Å². The summed E-state index contributed by atoms with van der Waals surface area (Å²) in [7, 11) is 4.21. The van der Waals surface area contributed by atoms with Crippen molar-refractivity contribution in [1.82, 2.24) is 14.9 Å². The number of imidazole rings is 1. The van der Waals surface area contributed by atoms with Crippen molar-refractivity contribution in [2.75, 3.05) is 7.05 Å². The molecule has 1 fully saturated rings. The Morgan fingerprint density at radius 1 is 1.42 bits per heavy atom. The molecule has 3 heteroatoms. The molecule has 1 aliphatic carbocycles. The zero-order valence-corrected chi connectivity index (χ0v) is 13.1. The summed E-state index contributed by atoms with van der Waals surface area (Å²) in [6.07, 6.45) is 9.03. The van der Waals surface area contributed by atoms with Gasteiger partial charge in [0, 0.05) is 31.9 Å². The zero-order valence-electron chi connectivity index (χ0n) is 13.1. The van der Waals surface area contributed by atoms with E-state index in [2.05, 4.69) is 49.7 Å². The van der Waals surface area contributed by atoms with E-state index in [4.69, 9.17) is 0 Å². The van der Waals surface area contributed by atoms with Gasteiger partial charge in [-0.3, -0.25) is 0 Å². The minimum Gasteiger partial charge on any atom is -0.338 e. The average molecular weight is 263 g/mol. The van der Waals surface area contributed by atoms with Gasteiger partial charge in [-0.25, -0.2) is 4.98 Å². The molecule has 0 bridgehead atoms. The Bertz CT molecular complexity index is 408. The van der Waals surface area contributed by atoms with Crippen LogP contribution in [0.25, 0.3) is 0 Å². The Balaban J connectivity index is 2.11. The van der Waals surface area contributed by atoms with E-state index >= 15 is 0 Å². The third kappa shape index (κ3) is 3.19. The molecule has 1 saturated carbocycles. The lowest BCUT2D eigenvalue weighted by atomic mass is 9.65. The molecule has 0 radical (unpaired) electrons. The summed E-state index contributed by atoms with van der Waals surface area (Å²) in [5.41, 5.74) is 0.299. The van der Waals surface area contributed by atoms with Crippen LogP contribution in [0.4, 0.5) is 0 Å². The second kappa shape index (κ2) is 5.66. The quantitative estimate of drug-likeness (QED) is 0.905. The van der Waals surface area contributed by atoms with Crippen molar-refractivity contribution >= 4 is 0 Å². The molecule has 0 aromatic carbocycles. The van der Waals surface area contributed by atoms with Crippen molar-refractivity contribution in [2.45, 2.75) is 52.5 Å². The number of rotatable bonds is 4. The number of aryl methyl sites for hydroxylation is 1. The highest BCUT2D eigenvalue weighted by Gasteiger charge is 2.38. The van der Waals surface area contributed by atoms with E-state index in [1.807, 2.05) is 12.4 Å². The summed E-state index contributed by atoms with van der Waals surface area (Å²) in [5, 5.41) is 3.56. The van der Waals surface area contributed by atoms with Crippen molar-refractivity contribution in [1.29, 1.82) is 0 Å². The monoisotopic (exact) mass is 263 g/mol. The topological polar surface area (TPSA) is 29.9 Å². The first-order chi connectivity index (χ1) is 8.94. The molecule has 1 heterocycles. The standard InChI is InChI=1S/C16H29N3/c1-12-6-7-13(14(10-12)17-4)16(2,3)11-15-18-8-9-19(15)5/h8-9,12-14,17H,6-7,10-11H2,1-5H3. The number of hydrogen-bond donors (Lipinski definition) is 1. The molecule has 0 spiro atoms. The van der Waals surface area contributed by atoms with Crippen LogP contribution in [0.15, 0.2) is 12.4 Å². The number of nitrogens with one attached hydrogen (secondary N) is 1. The maximum Gasteiger partial charge on any atom is 0.108 e. The number of nitrogens with zero attached hydrogens (tertiary/aromatic N) is 2. The Kier molecular flexibility index (Phi) is 4.34. The molecule has 0 amide bonds. The fourth-order valence-corrected chi connectivity index (χ4v) is 3.74. The molecule has 1 N–H and O–H groups in total. The van der Waals surface area contributed by atoms with E-state index in [1.165, 1.54) is 25.1 Å². The van der Waals surface area contributed by atoms with Gasteiger partial charge in [0.15, 0.2) is 0 Å². The molecule has 0 aliphatic heterocycles. The molecule has 1 aliphatic rings. The number of hydrogen-bond acceptors (Lipinski definition) is 2. The summed E-state index contributed by atoms with van der Waals surface area (Å²) in [6, 6.07) is 0.652. The molecule has 3 unspecified atom stereocenters. The average Bonchev–Trinajstić information content (AvgIpc) is 2.74. The van der Waals surface area contributed by atoms with Crippen molar-refractivity contribution < 1.29 is 0 Å². The van der Waals surface area contributed by atoms with Crippen LogP contribution in [0.3, 0.4) is 0 Å². The predicted octanol–water partition coefficient (Wildman–Crippen LogP) is 3.01. The molecule has 19 heavy (non-hydrogen) atoms. The second-order valence-corrected chi connectivity index (χ2v) is 7.04. The number of aromatic nitrogens is 2. The van der Waals surface area contributed by atoms with Gasteiger partial charge >= 0.3 is 0 Å². The van der Waals surface area contributed by atoms with E-state index in [0.717, 1.165) is 18.3 Å². The Labute approximate surface area is 117 Å². The van der Waals surface area contributed by atoms with Gasteiger partial charge in [0.25, 0.3) is 0 Å². The van der Waals surface area contributed by atoms with E-state index in [-0.39, 0.29) is 0 Å². The fraction of sp³-hybridized carbons (Fsp3) is 0.812. The van der Waals surface area contributed by atoms with Crippen LogP contribution in [0, 0.1) is 17.3 Å². The van der Waals surface area contributed by atoms with E-state index in [0.29, 0.717) is 11.5 Å². The Hall–Kier alpha value is -0.830. The maximum atomic E-state index is 4.50. The highest BCUT2D eigenvalue weighted by atomic mass is 15.0. The Morgan fingerprint density at radius 3 is 2.74 bits per heavy atom. The lowest BCUT2D eigenvalue weighted by Gasteiger charge is -2.44. The molecule has 3 atom stereocenters. The van der Waals surface area contributed by atoms with E-state index in [9.17, 15) is 0 Å². The third-order valence-corrected chi connectivity index (χ3v) is 5.02. The van der Waals surface area contributed by atoms with Crippen molar-refractivity contribution in [2.24, 2.45) is 24.3 Å². The maximum absolute atomic E-state index is 4.50. The highest BCUT2D eigenvalue weighted by molar-refractivity contribution is 5.00. The van der Waals surface area contributed by atoms with Gasteiger partial charge in [-0.05, 0) is 37.1 Å². The zero-order chi connectivity index (χ0) is 14.0. The lowest BCUT2D eigenvalue weighted by molar-refractivity contribution is 0.0958. The molecule has 0 saturated heterocycles. The SMILES string of the molecule is CNC1CC(C)CCC1C(C)(C)Cc1nccn1C. The first-order valence-corrected chi connectivity index (χ1v) is 7.57. The molecule has 108 valence electrons. The van der Waals surface area contributed by atoms with Crippen molar-refractivity contribution in [3.05, 3.63) is 18.2 Å². The largest absolute Gasteiger partial charge is 0.338 e. The molecular weight excluding hydrogens is 234 g/mol. The van der Waals surface area contributed by atoms with Crippen LogP contribution in [0.2, 0.25) is 0 Å². The van der Waals surface area contributed by atoms with Crippen LogP contribution < -0.4 is 5.32 Å². The summed E-state index contributed by atoms with van der Waals surface area (Å²) < 4.78 is 2.15. The summed E-state index contributed by atoms with van der Waals surface area (Å²) in [6.45, 7) is 7.20. The summed E-state index contributed by atoms with van der Waals surface area (Å²) in [4.78, 5) is 4.50. The van der Waals surface area contributed by atoms with E-state index in [1.54, 1.807) is 0 Å². The van der Waals surface area contributed by atoms with Gasteiger partial charge in [0.05, 0.1) is 0 Å². The van der Waals surface area contributed by atoms with Gasteiger partial charge in [0.1, 0.15) is 5.82 Å².